The van der Waals surface area contributed by atoms with Gasteiger partial charge in [-0.3, -0.25) is 4.79 Å². The number of hydrogen-bond donors (Lipinski definition) is 2. The first-order valence-electron chi connectivity index (χ1n) is 8.93. The number of carboxylic acids is 1. The number of aromatic carboxylic acids is 1. The Morgan fingerprint density at radius 1 is 0.926 bits per heavy atom. The van der Waals surface area contributed by atoms with Crippen molar-refractivity contribution in [1.82, 2.24) is 0 Å². The number of carbonyl (C=O) groups excluding carboxylic acids is 2. The van der Waals surface area contributed by atoms with Crippen LogP contribution in [0.1, 0.15) is 63.7 Å². The van der Waals surface area contributed by atoms with Gasteiger partial charge in [-0.15, -0.1) is 0 Å². The lowest BCUT2D eigenvalue weighted by Crippen LogP contribution is -2.16. The van der Waals surface area contributed by atoms with Crippen LogP contribution in [0, 0.1) is 0 Å². The number of ether oxygens (including phenoxy) is 1. The zero-order valence-electron chi connectivity index (χ0n) is 15.2. The molecule has 0 fully saturated rings. The molecule has 0 radical (unpaired) electrons. The van der Waals surface area contributed by atoms with Crippen LogP contribution in [-0.4, -0.2) is 29.6 Å². The summed E-state index contributed by atoms with van der Waals surface area (Å²) in [5.74, 6) is -2.10. The molecule has 6 nitrogen and oxygen atoms in total. The molecule has 0 aromatic heterocycles. The van der Waals surface area contributed by atoms with E-state index in [4.69, 9.17) is 9.84 Å². The van der Waals surface area contributed by atoms with Gasteiger partial charge >= 0.3 is 11.9 Å². The van der Waals surface area contributed by atoms with Crippen LogP contribution in [0.25, 0.3) is 0 Å². The molecule has 2 rings (SSSR count). The molecule has 2 aromatic rings. The van der Waals surface area contributed by atoms with Crippen LogP contribution >= 0.6 is 0 Å². The predicted molar refractivity (Wildman–Crippen MR) is 102 cm³/mol. The van der Waals surface area contributed by atoms with Crippen molar-refractivity contribution < 1.29 is 24.2 Å². The maximum atomic E-state index is 12.3. The number of hydrogen-bond acceptors (Lipinski definition) is 4. The molecule has 142 valence electrons. The van der Waals surface area contributed by atoms with E-state index >= 15 is 0 Å². The lowest BCUT2D eigenvalue weighted by Gasteiger charge is -2.09. The van der Waals surface area contributed by atoms with Crippen molar-refractivity contribution in [1.29, 1.82) is 0 Å². The minimum absolute atomic E-state index is 0.0700. The summed E-state index contributed by atoms with van der Waals surface area (Å²) in [7, 11) is 0. The van der Waals surface area contributed by atoms with Crippen molar-refractivity contribution in [2.24, 2.45) is 0 Å². The summed E-state index contributed by atoms with van der Waals surface area (Å²) >= 11 is 0. The quantitative estimate of drug-likeness (QED) is 0.506. The van der Waals surface area contributed by atoms with Gasteiger partial charge in [0, 0.05) is 5.69 Å². The largest absolute Gasteiger partial charge is 0.478 e. The first kappa shape index (κ1) is 20.2. The molecule has 27 heavy (non-hydrogen) atoms. The SMILES string of the molecule is CCCCCCOC(=O)c1ccc(NC(=O)c2ccccc2C(=O)O)cc1. The number of amides is 1. The average molecular weight is 369 g/mol. The third kappa shape index (κ3) is 5.95. The molecule has 0 spiro atoms. The molecule has 0 aliphatic heterocycles. The zero-order chi connectivity index (χ0) is 19.6. The van der Waals surface area contributed by atoms with Gasteiger partial charge < -0.3 is 15.2 Å². The standard InChI is InChI=1S/C21H23NO5/c1-2-3-4-7-14-27-21(26)15-10-12-16(13-11-15)22-19(23)17-8-5-6-9-18(17)20(24)25/h5-6,8-13H,2-4,7,14H2,1H3,(H,22,23)(H,24,25). The molecule has 0 heterocycles. The number of carbonyl (C=O) groups is 3. The molecule has 2 aromatic carbocycles. The number of unbranched alkanes of at least 4 members (excludes halogenated alkanes) is 3. The molecule has 0 bridgehead atoms. The molecule has 2 N–H and O–H groups in total. The van der Waals surface area contributed by atoms with Crippen molar-refractivity contribution >= 4 is 23.5 Å². The zero-order valence-corrected chi connectivity index (χ0v) is 15.2. The van der Waals surface area contributed by atoms with Crippen LogP contribution in [0.5, 0.6) is 0 Å². The van der Waals surface area contributed by atoms with Crippen molar-refractivity contribution in [3.05, 3.63) is 65.2 Å². The molecule has 0 saturated carbocycles. The van der Waals surface area contributed by atoms with E-state index < -0.39 is 17.8 Å². The number of carboxylic acid groups (broad SMARTS) is 1. The number of benzene rings is 2. The maximum Gasteiger partial charge on any atom is 0.338 e. The molecular formula is C21H23NO5. The second kappa shape index (κ2) is 10.1. The van der Waals surface area contributed by atoms with E-state index in [-0.39, 0.29) is 11.1 Å². The summed E-state index contributed by atoms with van der Waals surface area (Å²) in [5.41, 5.74) is 0.855. The number of anilines is 1. The fourth-order valence-electron chi connectivity index (χ4n) is 2.53. The number of esters is 1. The Morgan fingerprint density at radius 3 is 2.22 bits per heavy atom. The van der Waals surface area contributed by atoms with Gasteiger partial charge in [-0.05, 0) is 42.8 Å². The fraction of sp³-hybridized carbons (Fsp3) is 0.286. The third-order valence-corrected chi connectivity index (χ3v) is 4.01. The van der Waals surface area contributed by atoms with E-state index in [2.05, 4.69) is 12.2 Å². The second-order valence-corrected chi connectivity index (χ2v) is 6.08. The highest BCUT2D eigenvalue weighted by Crippen LogP contribution is 2.15. The van der Waals surface area contributed by atoms with Crippen LogP contribution in [-0.2, 0) is 4.74 Å². The van der Waals surface area contributed by atoms with Gasteiger partial charge in [-0.25, -0.2) is 9.59 Å². The summed E-state index contributed by atoms with van der Waals surface area (Å²) in [6.45, 7) is 2.51. The topological polar surface area (TPSA) is 92.7 Å². The molecule has 1 amide bonds. The lowest BCUT2D eigenvalue weighted by molar-refractivity contribution is 0.0497. The molecule has 0 aliphatic carbocycles. The number of nitrogens with one attached hydrogen (secondary N) is 1. The normalized spacial score (nSPS) is 10.3. The summed E-state index contributed by atoms with van der Waals surface area (Å²) in [4.78, 5) is 35.5. The molecular weight excluding hydrogens is 346 g/mol. The van der Waals surface area contributed by atoms with Gasteiger partial charge in [-0.1, -0.05) is 38.3 Å². The monoisotopic (exact) mass is 369 g/mol. The van der Waals surface area contributed by atoms with E-state index in [9.17, 15) is 14.4 Å². The molecule has 6 heteroatoms. The predicted octanol–water partition coefficient (Wildman–Crippen LogP) is 4.37. The average Bonchev–Trinajstić information content (AvgIpc) is 2.68. The van der Waals surface area contributed by atoms with Crippen LogP contribution in [0.3, 0.4) is 0 Å². The van der Waals surface area contributed by atoms with E-state index in [1.54, 1.807) is 36.4 Å². The highest BCUT2D eigenvalue weighted by Gasteiger charge is 2.16. The minimum Gasteiger partial charge on any atom is -0.478 e. The van der Waals surface area contributed by atoms with Crippen molar-refractivity contribution in [3.63, 3.8) is 0 Å². The first-order chi connectivity index (χ1) is 13.0. The summed E-state index contributed by atoms with van der Waals surface area (Å²) < 4.78 is 5.22. The van der Waals surface area contributed by atoms with Crippen molar-refractivity contribution in [3.8, 4) is 0 Å². The Kier molecular flexibility index (Phi) is 7.55. The third-order valence-electron chi connectivity index (χ3n) is 4.01. The van der Waals surface area contributed by atoms with E-state index in [1.165, 1.54) is 12.1 Å². The van der Waals surface area contributed by atoms with Gasteiger partial charge in [0.25, 0.3) is 5.91 Å². The Balaban J connectivity index is 1.95. The van der Waals surface area contributed by atoms with Gasteiger partial charge in [0.2, 0.25) is 0 Å². The van der Waals surface area contributed by atoms with Crippen LogP contribution in [0.15, 0.2) is 48.5 Å². The van der Waals surface area contributed by atoms with Gasteiger partial charge in [0.15, 0.2) is 0 Å². The summed E-state index contributed by atoms with van der Waals surface area (Å²) in [6, 6.07) is 12.3. The molecule has 0 aliphatic rings. The van der Waals surface area contributed by atoms with Crippen LogP contribution in [0.2, 0.25) is 0 Å². The Bertz CT molecular complexity index is 798. The fourth-order valence-corrected chi connectivity index (χ4v) is 2.53. The second-order valence-electron chi connectivity index (χ2n) is 6.08. The first-order valence-corrected chi connectivity index (χ1v) is 8.93. The Hall–Kier alpha value is -3.15. The smallest absolute Gasteiger partial charge is 0.338 e. The summed E-state index contributed by atoms with van der Waals surface area (Å²) in [6.07, 6.45) is 4.12. The minimum atomic E-state index is -1.17. The molecule has 0 saturated heterocycles. The van der Waals surface area contributed by atoms with E-state index in [0.717, 1.165) is 25.7 Å². The number of rotatable bonds is 9. The van der Waals surface area contributed by atoms with E-state index in [1.807, 2.05) is 0 Å². The van der Waals surface area contributed by atoms with Crippen molar-refractivity contribution in [2.45, 2.75) is 32.6 Å². The van der Waals surface area contributed by atoms with Gasteiger partial charge in [0.05, 0.1) is 23.3 Å². The lowest BCUT2D eigenvalue weighted by atomic mass is 10.1. The Morgan fingerprint density at radius 2 is 1.59 bits per heavy atom. The highest BCUT2D eigenvalue weighted by molar-refractivity contribution is 6.10. The molecule has 0 atom stereocenters. The van der Waals surface area contributed by atoms with Crippen LogP contribution < -0.4 is 5.32 Å². The Labute approximate surface area is 158 Å². The van der Waals surface area contributed by atoms with Gasteiger partial charge in [0.1, 0.15) is 0 Å². The highest BCUT2D eigenvalue weighted by atomic mass is 16.5. The van der Waals surface area contributed by atoms with Crippen LogP contribution in [0.4, 0.5) is 5.69 Å². The summed E-state index contributed by atoms with van der Waals surface area (Å²) in [5, 5.41) is 11.8. The maximum absolute atomic E-state index is 12.3. The molecule has 0 unspecified atom stereocenters. The van der Waals surface area contributed by atoms with Gasteiger partial charge in [-0.2, -0.15) is 0 Å². The van der Waals surface area contributed by atoms with E-state index in [0.29, 0.717) is 17.9 Å². The van der Waals surface area contributed by atoms with Crippen molar-refractivity contribution in [2.75, 3.05) is 11.9 Å².